The van der Waals surface area contributed by atoms with Crippen molar-refractivity contribution in [3.8, 4) is 11.8 Å². The highest BCUT2D eigenvalue weighted by Gasteiger charge is 2.20. The van der Waals surface area contributed by atoms with Crippen LogP contribution >= 0.6 is 0 Å². The van der Waals surface area contributed by atoms with Crippen LogP contribution in [0.3, 0.4) is 0 Å². The molecule has 0 fully saturated rings. The second kappa shape index (κ2) is 6.75. The molecular weight excluding hydrogens is 296 g/mol. The normalized spacial score (nSPS) is 10.0. The summed E-state index contributed by atoms with van der Waals surface area (Å²) in [6.07, 6.45) is 0. The van der Waals surface area contributed by atoms with Crippen molar-refractivity contribution in [1.29, 1.82) is 5.26 Å². The summed E-state index contributed by atoms with van der Waals surface area (Å²) in [5.41, 5.74) is 0.798. The third kappa shape index (κ3) is 3.06. The smallest absolute Gasteiger partial charge is 0.359 e. The number of nitrogens with zero attached hydrogens (tertiary/aromatic N) is 3. The number of rotatable bonds is 4. The topological polar surface area (TPSA) is 97.0 Å². The molecule has 118 valence electrons. The minimum atomic E-state index is -0.665. The van der Waals surface area contributed by atoms with E-state index in [0.29, 0.717) is 5.69 Å². The van der Waals surface area contributed by atoms with Crippen LogP contribution in [0.15, 0.2) is 29.1 Å². The fourth-order valence-electron chi connectivity index (χ4n) is 2.07. The number of hydrogen-bond donors (Lipinski definition) is 1. The minimum Gasteiger partial charge on any atom is -0.461 e. The van der Waals surface area contributed by atoms with E-state index in [1.165, 1.54) is 6.92 Å². The van der Waals surface area contributed by atoms with E-state index in [1.807, 2.05) is 6.07 Å². The first-order valence-electron chi connectivity index (χ1n) is 7.02. The fourth-order valence-corrected chi connectivity index (χ4v) is 2.07. The maximum Gasteiger partial charge on any atom is 0.359 e. The van der Waals surface area contributed by atoms with Crippen LogP contribution in [0.5, 0.6) is 0 Å². The maximum atomic E-state index is 12.4. The summed E-state index contributed by atoms with van der Waals surface area (Å²) >= 11 is 0. The number of ether oxygens (including phenoxy) is 1. The van der Waals surface area contributed by atoms with Gasteiger partial charge >= 0.3 is 5.97 Å². The number of carbonyl (C=O) groups is 1. The third-order valence-electron chi connectivity index (χ3n) is 3.32. The number of nitrogens with one attached hydrogen (secondary N) is 1. The number of esters is 1. The largest absolute Gasteiger partial charge is 0.461 e. The first-order chi connectivity index (χ1) is 11.0. The molecule has 0 aliphatic heterocycles. The molecule has 7 nitrogen and oxygen atoms in total. The van der Waals surface area contributed by atoms with Crippen LogP contribution in [0.4, 0.5) is 5.69 Å². The molecule has 0 aliphatic carbocycles. The SMILES string of the molecule is CCOC(=O)c1nn(-c2ccc(NC)cc2)c(=O)c(C#N)c1C. The number of aromatic nitrogens is 2. The van der Waals surface area contributed by atoms with Gasteiger partial charge in [-0.05, 0) is 38.1 Å². The van der Waals surface area contributed by atoms with Crippen molar-refractivity contribution < 1.29 is 9.53 Å². The highest BCUT2D eigenvalue weighted by molar-refractivity contribution is 5.89. The van der Waals surface area contributed by atoms with Crippen molar-refractivity contribution in [2.45, 2.75) is 13.8 Å². The quantitative estimate of drug-likeness (QED) is 0.862. The Morgan fingerprint density at radius 1 is 1.39 bits per heavy atom. The van der Waals surface area contributed by atoms with Gasteiger partial charge in [-0.3, -0.25) is 4.79 Å². The Kier molecular flexibility index (Phi) is 4.76. The predicted molar refractivity (Wildman–Crippen MR) is 84.8 cm³/mol. The minimum absolute atomic E-state index is 0.0410. The number of anilines is 1. The molecule has 0 radical (unpaired) electrons. The fraction of sp³-hybridized carbons (Fsp3) is 0.250. The molecule has 1 heterocycles. The molecule has 0 saturated heterocycles. The van der Waals surface area contributed by atoms with Gasteiger partial charge in [0.15, 0.2) is 5.69 Å². The summed E-state index contributed by atoms with van der Waals surface area (Å²) in [7, 11) is 1.78. The van der Waals surface area contributed by atoms with Crippen molar-refractivity contribution in [3.63, 3.8) is 0 Å². The van der Waals surface area contributed by atoms with Crippen LogP contribution in [0, 0.1) is 18.3 Å². The summed E-state index contributed by atoms with van der Waals surface area (Å²) in [6, 6.07) is 8.71. The third-order valence-corrected chi connectivity index (χ3v) is 3.32. The van der Waals surface area contributed by atoms with E-state index >= 15 is 0 Å². The van der Waals surface area contributed by atoms with Crippen molar-refractivity contribution in [3.05, 3.63) is 51.4 Å². The van der Waals surface area contributed by atoms with Crippen LogP contribution in [0.2, 0.25) is 0 Å². The Balaban J connectivity index is 2.67. The van der Waals surface area contributed by atoms with Gasteiger partial charge in [0, 0.05) is 18.3 Å². The van der Waals surface area contributed by atoms with E-state index < -0.39 is 11.5 Å². The van der Waals surface area contributed by atoms with Crippen LogP contribution in [-0.2, 0) is 4.74 Å². The molecular formula is C16H16N4O3. The van der Waals surface area contributed by atoms with E-state index in [4.69, 9.17) is 4.74 Å². The molecule has 2 rings (SSSR count). The summed E-state index contributed by atoms with van der Waals surface area (Å²) in [5, 5.41) is 16.3. The van der Waals surface area contributed by atoms with Crippen LogP contribution in [0.1, 0.15) is 28.5 Å². The van der Waals surface area contributed by atoms with Gasteiger partial charge in [-0.15, -0.1) is 0 Å². The monoisotopic (exact) mass is 312 g/mol. The lowest BCUT2D eigenvalue weighted by Crippen LogP contribution is -2.28. The average molecular weight is 312 g/mol. The molecule has 0 atom stereocenters. The molecule has 23 heavy (non-hydrogen) atoms. The standard InChI is InChI=1S/C16H16N4O3/c1-4-23-16(22)14-10(2)13(9-17)15(21)20(19-14)12-7-5-11(18-3)6-8-12/h5-8,18H,4H2,1-3H3. The van der Waals surface area contributed by atoms with E-state index in [0.717, 1.165) is 10.4 Å². The van der Waals surface area contributed by atoms with E-state index in [1.54, 1.807) is 38.2 Å². The molecule has 1 aromatic carbocycles. The Bertz CT molecular complexity index is 832. The van der Waals surface area contributed by atoms with E-state index in [2.05, 4.69) is 10.4 Å². The van der Waals surface area contributed by atoms with Gasteiger partial charge in [-0.1, -0.05) is 0 Å². The molecule has 0 amide bonds. The maximum absolute atomic E-state index is 12.4. The van der Waals surface area contributed by atoms with Crippen LogP contribution in [0.25, 0.3) is 5.69 Å². The molecule has 1 aromatic heterocycles. The van der Waals surface area contributed by atoms with Crippen molar-refractivity contribution >= 4 is 11.7 Å². The second-order valence-electron chi connectivity index (χ2n) is 4.69. The zero-order valence-corrected chi connectivity index (χ0v) is 13.1. The molecule has 1 N–H and O–H groups in total. The van der Waals surface area contributed by atoms with Crippen molar-refractivity contribution in [2.75, 3.05) is 19.0 Å². The average Bonchev–Trinajstić information content (AvgIpc) is 2.56. The lowest BCUT2D eigenvalue weighted by atomic mass is 10.1. The first-order valence-corrected chi connectivity index (χ1v) is 7.02. The lowest BCUT2D eigenvalue weighted by Gasteiger charge is -2.11. The van der Waals surface area contributed by atoms with Gasteiger partial charge in [0.05, 0.1) is 12.3 Å². The molecule has 0 aliphatic rings. The Labute approximate surface area is 133 Å². The second-order valence-corrected chi connectivity index (χ2v) is 4.69. The molecule has 0 saturated carbocycles. The highest BCUT2D eigenvalue weighted by atomic mass is 16.5. The number of carbonyl (C=O) groups excluding carboxylic acids is 1. The summed E-state index contributed by atoms with van der Waals surface area (Å²) < 4.78 is 5.98. The van der Waals surface area contributed by atoms with Crippen LogP contribution < -0.4 is 10.9 Å². The number of nitriles is 1. The van der Waals surface area contributed by atoms with E-state index in [9.17, 15) is 14.9 Å². The lowest BCUT2D eigenvalue weighted by molar-refractivity contribution is 0.0516. The van der Waals surface area contributed by atoms with Crippen LogP contribution in [-0.4, -0.2) is 29.4 Å². The van der Waals surface area contributed by atoms with Gasteiger partial charge in [-0.25, -0.2) is 4.79 Å². The first kappa shape index (κ1) is 16.2. The molecule has 7 heteroatoms. The molecule has 0 bridgehead atoms. The van der Waals surface area contributed by atoms with Gasteiger partial charge in [0.1, 0.15) is 11.6 Å². The van der Waals surface area contributed by atoms with Gasteiger partial charge in [0.25, 0.3) is 5.56 Å². The van der Waals surface area contributed by atoms with Crippen molar-refractivity contribution in [2.24, 2.45) is 0 Å². The Morgan fingerprint density at radius 3 is 2.57 bits per heavy atom. The Hall–Kier alpha value is -3.14. The zero-order chi connectivity index (χ0) is 17.0. The summed E-state index contributed by atoms with van der Waals surface area (Å²) in [5.74, 6) is -0.665. The highest BCUT2D eigenvalue weighted by Crippen LogP contribution is 2.14. The summed E-state index contributed by atoms with van der Waals surface area (Å²) in [4.78, 5) is 24.4. The molecule has 0 unspecified atom stereocenters. The van der Waals surface area contributed by atoms with E-state index in [-0.39, 0.29) is 23.4 Å². The Morgan fingerprint density at radius 2 is 2.04 bits per heavy atom. The van der Waals surface area contributed by atoms with Gasteiger partial charge in [0.2, 0.25) is 0 Å². The predicted octanol–water partition coefficient (Wildman–Crippen LogP) is 1.63. The number of hydrogen-bond acceptors (Lipinski definition) is 6. The van der Waals surface area contributed by atoms with Gasteiger partial charge in [-0.2, -0.15) is 15.0 Å². The molecule has 2 aromatic rings. The van der Waals surface area contributed by atoms with Gasteiger partial charge < -0.3 is 10.1 Å². The molecule has 0 spiro atoms. The number of benzene rings is 1. The van der Waals surface area contributed by atoms with Crippen molar-refractivity contribution in [1.82, 2.24) is 9.78 Å². The zero-order valence-electron chi connectivity index (χ0n) is 13.1. The summed E-state index contributed by atoms with van der Waals surface area (Å²) in [6.45, 7) is 3.36.